The molecule has 13 heavy (non-hydrogen) atoms. The molecule has 2 heterocycles. The molecule has 0 amide bonds. The highest BCUT2D eigenvalue weighted by molar-refractivity contribution is 7.17. The first-order valence-electron chi connectivity index (χ1n) is 3.76. The first-order valence-corrected chi connectivity index (χ1v) is 4.64. The molecule has 0 atom stereocenters. The Hall–Kier alpha value is -1.36. The zero-order valence-corrected chi connectivity index (χ0v) is 8.09. The van der Waals surface area contributed by atoms with Crippen LogP contribution in [0.4, 0.5) is 0 Å². The average molecular weight is 196 g/mol. The van der Waals surface area contributed by atoms with E-state index in [9.17, 15) is 9.59 Å². The van der Waals surface area contributed by atoms with Crippen LogP contribution in [0.25, 0.3) is 10.2 Å². The second-order valence-electron chi connectivity index (χ2n) is 2.84. The van der Waals surface area contributed by atoms with Crippen LogP contribution in [0.3, 0.4) is 0 Å². The standard InChI is InChI=1S/C8H8N2O2S/c1-9-5-3-4-13-6(5)7(11)10(2)8(9)12/h3-4H,1-2H3. The summed E-state index contributed by atoms with van der Waals surface area (Å²) in [4.78, 5) is 23.0. The fourth-order valence-corrected chi connectivity index (χ4v) is 2.19. The van der Waals surface area contributed by atoms with E-state index in [1.807, 2.05) is 5.38 Å². The molecule has 5 heteroatoms. The van der Waals surface area contributed by atoms with E-state index in [0.717, 1.165) is 4.57 Å². The van der Waals surface area contributed by atoms with Gasteiger partial charge >= 0.3 is 5.69 Å². The molecule has 0 bridgehead atoms. The number of hydrogen-bond donors (Lipinski definition) is 0. The molecule has 2 rings (SSSR count). The van der Waals surface area contributed by atoms with Gasteiger partial charge in [0.2, 0.25) is 0 Å². The van der Waals surface area contributed by atoms with Crippen molar-refractivity contribution in [2.45, 2.75) is 0 Å². The molecule has 0 aliphatic rings. The Balaban J connectivity index is 3.21. The van der Waals surface area contributed by atoms with Gasteiger partial charge in [0.15, 0.2) is 0 Å². The van der Waals surface area contributed by atoms with E-state index in [4.69, 9.17) is 0 Å². The fourth-order valence-electron chi connectivity index (χ4n) is 1.29. The van der Waals surface area contributed by atoms with Crippen molar-refractivity contribution in [1.82, 2.24) is 9.13 Å². The van der Waals surface area contributed by atoms with E-state index in [1.54, 1.807) is 13.1 Å². The third-order valence-corrected chi connectivity index (χ3v) is 2.97. The van der Waals surface area contributed by atoms with Crippen molar-refractivity contribution in [2.75, 3.05) is 0 Å². The Morgan fingerprint density at radius 1 is 1.23 bits per heavy atom. The molecule has 4 nitrogen and oxygen atoms in total. The molecule has 2 aromatic heterocycles. The first kappa shape index (κ1) is 8.25. The summed E-state index contributed by atoms with van der Waals surface area (Å²) >= 11 is 1.36. The summed E-state index contributed by atoms with van der Waals surface area (Å²) in [5.41, 5.74) is 0.210. The van der Waals surface area contributed by atoms with Gasteiger partial charge in [-0.25, -0.2) is 4.79 Å². The zero-order valence-electron chi connectivity index (χ0n) is 7.27. The Kier molecular flexibility index (Phi) is 1.63. The van der Waals surface area contributed by atoms with Crippen LogP contribution in [-0.4, -0.2) is 9.13 Å². The Bertz CT molecular complexity index is 576. The molecule has 0 aliphatic heterocycles. The number of nitrogens with zero attached hydrogens (tertiary/aromatic N) is 2. The third-order valence-electron chi connectivity index (χ3n) is 2.08. The molecule has 0 saturated heterocycles. The van der Waals surface area contributed by atoms with E-state index in [-0.39, 0.29) is 11.2 Å². The summed E-state index contributed by atoms with van der Waals surface area (Å²) in [7, 11) is 3.15. The van der Waals surface area contributed by atoms with Gasteiger partial charge in [0.1, 0.15) is 4.70 Å². The summed E-state index contributed by atoms with van der Waals surface area (Å²) in [6.07, 6.45) is 0. The highest BCUT2D eigenvalue weighted by Gasteiger charge is 2.07. The van der Waals surface area contributed by atoms with Gasteiger partial charge in [0, 0.05) is 14.1 Å². The fraction of sp³-hybridized carbons (Fsp3) is 0.250. The Labute approximate surface area is 77.7 Å². The monoisotopic (exact) mass is 196 g/mol. The van der Waals surface area contributed by atoms with Crippen LogP contribution >= 0.6 is 11.3 Å². The lowest BCUT2D eigenvalue weighted by atomic mass is 10.4. The maximum atomic E-state index is 11.5. The van der Waals surface area contributed by atoms with Crippen molar-refractivity contribution in [3.63, 3.8) is 0 Å². The van der Waals surface area contributed by atoms with Crippen LogP contribution in [0.5, 0.6) is 0 Å². The van der Waals surface area contributed by atoms with Gasteiger partial charge in [-0.2, -0.15) is 0 Å². The van der Waals surface area contributed by atoms with Crippen molar-refractivity contribution in [2.24, 2.45) is 14.1 Å². The van der Waals surface area contributed by atoms with Crippen LogP contribution < -0.4 is 11.2 Å². The number of aryl methyl sites for hydroxylation is 1. The smallest absolute Gasteiger partial charge is 0.295 e. The van der Waals surface area contributed by atoms with Crippen LogP contribution in [0, 0.1) is 0 Å². The number of hydrogen-bond acceptors (Lipinski definition) is 3. The van der Waals surface area contributed by atoms with Gasteiger partial charge in [-0.15, -0.1) is 11.3 Å². The molecule has 0 aromatic carbocycles. The summed E-state index contributed by atoms with van der Waals surface area (Å²) < 4.78 is 3.23. The van der Waals surface area contributed by atoms with Crippen LogP contribution in [0.15, 0.2) is 21.0 Å². The minimum absolute atomic E-state index is 0.215. The van der Waals surface area contributed by atoms with Gasteiger partial charge in [0.25, 0.3) is 5.56 Å². The highest BCUT2D eigenvalue weighted by atomic mass is 32.1. The summed E-state index contributed by atoms with van der Waals surface area (Å²) in [5, 5.41) is 1.81. The van der Waals surface area contributed by atoms with Crippen LogP contribution in [0.1, 0.15) is 0 Å². The van der Waals surface area contributed by atoms with Crippen molar-refractivity contribution in [3.05, 3.63) is 32.3 Å². The largest absolute Gasteiger partial charge is 0.330 e. The van der Waals surface area contributed by atoms with Crippen molar-refractivity contribution >= 4 is 21.6 Å². The van der Waals surface area contributed by atoms with Crippen LogP contribution in [-0.2, 0) is 14.1 Å². The molecule has 0 radical (unpaired) electrons. The summed E-state index contributed by atoms with van der Waals surface area (Å²) in [6, 6.07) is 1.78. The number of rotatable bonds is 0. The van der Waals surface area contributed by atoms with Crippen LogP contribution in [0.2, 0.25) is 0 Å². The van der Waals surface area contributed by atoms with E-state index in [2.05, 4.69) is 0 Å². The molecule has 0 aliphatic carbocycles. The maximum Gasteiger partial charge on any atom is 0.330 e. The van der Waals surface area contributed by atoms with Gasteiger partial charge in [-0.05, 0) is 11.4 Å². The van der Waals surface area contributed by atoms with Crippen molar-refractivity contribution in [1.29, 1.82) is 0 Å². The lowest BCUT2D eigenvalue weighted by molar-refractivity contribution is 0.715. The SMILES string of the molecule is Cn1c(=O)c2sccc2n(C)c1=O. The predicted molar refractivity (Wildman–Crippen MR) is 52.3 cm³/mol. The topological polar surface area (TPSA) is 44.0 Å². The molecule has 2 aromatic rings. The summed E-state index contributed by atoms with van der Waals surface area (Å²) in [5.74, 6) is 0. The van der Waals surface area contributed by atoms with E-state index in [0.29, 0.717) is 10.2 Å². The average Bonchev–Trinajstić information content (AvgIpc) is 2.59. The summed E-state index contributed by atoms with van der Waals surface area (Å²) in [6.45, 7) is 0. The minimum Gasteiger partial charge on any atom is -0.295 e. The molecule has 0 N–H and O–H groups in total. The number of fused-ring (bicyclic) bond motifs is 1. The zero-order chi connectivity index (χ0) is 9.59. The Morgan fingerprint density at radius 3 is 2.62 bits per heavy atom. The van der Waals surface area contributed by atoms with E-state index >= 15 is 0 Å². The maximum absolute atomic E-state index is 11.5. The molecule has 68 valence electrons. The minimum atomic E-state index is -0.282. The molecule has 0 fully saturated rings. The second-order valence-corrected chi connectivity index (χ2v) is 3.76. The predicted octanol–water partition coefficient (Wildman–Crippen LogP) is 0.299. The quantitative estimate of drug-likeness (QED) is 0.608. The van der Waals surface area contributed by atoms with Gasteiger partial charge < -0.3 is 0 Å². The van der Waals surface area contributed by atoms with Gasteiger partial charge in [-0.3, -0.25) is 13.9 Å². The van der Waals surface area contributed by atoms with Crippen molar-refractivity contribution < 1.29 is 0 Å². The second kappa shape index (κ2) is 2.56. The molecule has 0 spiro atoms. The van der Waals surface area contributed by atoms with Crippen molar-refractivity contribution in [3.8, 4) is 0 Å². The van der Waals surface area contributed by atoms with Gasteiger partial charge in [0.05, 0.1) is 5.52 Å². The molecule has 0 unspecified atom stereocenters. The lowest BCUT2D eigenvalue weighted by Gasteiger charge is -2.02. The molecular weight excluding hydrogens is 188 g/mol. The van der Waals surface area contributed by atoms with E-state index < -0.39 is 0 Å². The Morgan fingerprint density at radius 2 is 1.92 bits per heavy atom. The normalized spacial score (nSPS) is 10.9. The molecule has 0 saturated carbocycles. The van der Waals surface area contributed by atoms with Gasteiger partial charge in [-0.1, -0.05) is 0 Å². The van der Waals surface area contributed by atoms with E-state index in [1.165, 1.54) is 23.0 Å². The first-order chi connectivity index (χ1) is 6.13. The molecular formula is C8H8N2O2S. The lowest BCUT2D eigenvalue weighted by Crippen LogP contribution is -2.36. The highest BCUT2D eigenvalue weighted by Crippen LogP contribution is 2.13. The number of aromatic nitrogens is 2. The third kappa shape index (κ3) is 0.968. The number of thiophene rings is 1.